The highest BCUT2D eigenvalue weighted by atomic mass is 19.4. The lowest BCUT2D eigenvalue weighted by molar-refractivity contribution is -0.137. The first-order valence-electron chi connectivity index (χ1n) is 8.79. The molecule has 1 amide bonds. The third kappa shape index (κ3) is 4.45. The van der Waals surface area contributed by atoms with Gasteiger partial charge in [-0.15, -0.1) is 0 Å². The third-order valence-electron chi connectivity index (χ3n) is 4.81. The van der Waals surface area contributed by atoms with Crippen LogP contribution in [-0.2, 0) is 22.3 Å². The molecule has 0 radical (unpaired) electrons. The highest BCUT2D eigenvalue weighted by Crippen LogP contribution is 2.29. The summed E-state index contributed by atoms with van der Waals surface area (Å²) in [5, 5.41) is 10.2. The Morgan fingerprint density at radius 1 is 1.25 bits per heavy atom. The summed E-state index contributed by atoms with van der Waals surface area (Å²) in [6, 6.07) is 4.48. The second-order valence-corrected chi connectivity index (χ2v) is 6.65. The van der Waals surface area contributed by atoms with Crippen molar-refractivity contribution in [1.29, 1.82) is 0 Å². The van der Waals surface area contributed by atoms with Crippen LogP contribution in [0.25, 0.3) is 0 Å². The topological polar surface area (TPSA) is 53.0 Å². The van der Waals surface area contributed by atoms with Crippen LogP contribution in [-0.4, -0.2) is 52.3 Å². The number of hydrogen-bond acceptors (Lipinski definition) is 4. The van der Waals surface area contributed by atoms with Crippen LogP contribution in [0, 0.1) is 0 Å². The van der Waals surface area contributed by atoms with Gasteiger partial charge in [0, 0.05) is 19.3 Å². The van der Waals surface area contributed by atoms with E-state index in [0.29, 0.717) is 18.7 Å². The van der Waals surface area contributed by atoms with E-state index < -0.39 is 24.1 Å². The van der Waals surface area contributed by atoms with Gasteiger partial charge in [-0.2, -0.15) is 13.2 Å². The summed E-state index contributed by atoms with van der Waals surface area (Å²) in [6.45, 7) is 4.24. The fourth-order valence-corrected chi connectivity index (χ4v) is 3.32. The Hall–Kier alpha value is -2.58. The number of carbonyl (C=O) groups excluding carboxylic acids is 1. The monoisotopic (exact) mass is 394 g/mol. The number of ether oxygens (including phenoxy) is 1. The molecule has 0 saturated carbocycles. The molecule has 0 spiro atoms. The zero-order valence-electron chi connectivity index (χ0n) is 15.0. The molecular formula is C20H21F3N2O3. The summed E-state index contributed by atoms with van der Waals surface area (Å²) >= 11 is 0. The van der Waals surface area contributed by atoms with Crippen LogP contribution in [0.2, 0.25) is 0 Å². The lowest BCUT2D eigenvalue weighted by atomic mass is 10.1. The van der Waals surface area contributed by atoms with Gasteiger partial charge in [0.2, 0.25) is 5.91 Å². The Labute approximate surface area is 161 Å². The molecule has 2 heterocycles. The van der Waals surface area contributed by atoms with Crippen molar-refractivity contribution in [3.63, 3.8) is 0 Å². The molecule has 8 heteroatoms. The summed E-state index contributed by atoms with van der Waals surface area (Å²) in [4.78, 5) is 15.3. The first-order valence-corrected chi connectivity index (χ1v) is 8.79. The molecule has 1 unspecified atom stereocenters. The van der Waals surface area contributed by atoms with Gasteiger partial charge in [-0.05, 0) is 35.9 Å². The fraction of sp³-hybridized carbons (Fsp3) is 0.350. The molecule has 3 rings (SSSR count). The molecule has 1 fully saturated rings. The number of aliphatic hydroxyl groups excluding tert-OH is 1. The van der Waals surface area contributed by atoms with Crippen LogP contribution in [0.15, 0.2) is 61.3 Å². The van der Waals surface area contributed by atoms with Crippen molar-refractivity contribution in [3.05, 3.63) is 72.5 Å². The minimum Gasteiger partial charge on any atom is -0.370 e. The molecule has 5 nitrogen and oxygen atoms in total. The van der Waals surface area contributed by atoms with E-state index in [1.54, 1.807) is 34.2 Å². The molecule has 1 saturated heterocycles. The SMILES string of the molecule is C=CC(=O)N1C[C@@H](N2C=CC=CC2O)[C@H](OCc2ccc(C(F)(F)F)cc2)C1. The number of aliphatic hydroxyl groups is 1. The Kier molecular flexibility index (Phi) is 5.90. The lowest BCUT2D eigenvalue weighted by Crippen LogP contribution is -2.46. The summed E-state index contributed by atoms with van der Waals surface area (Å²) in [5.74, 6) is -0.239. The molecule has 1 aromatic carbocycles. The number of rotatable bonds is 5. The first kappa shape index (κ1) is 20.2. The van der Waals surface area contributed by atoms with E-state index in [4.69, 9.17) is 4.74 Å². The molecule has 1 N–H and O–H groups in total. The van der Waals surface area contributed by atoms with Crippen molar-refractivity contribution < 1.29 is 27.8 Å². The number of nitrogens with zero attached hydrogens (tertiary/aromatic N) is 2. The quantitative estimate of drug-likeness (QED) is 0.781. The number of halogens is 3. The average molecular weight is 394 g/mol. The van der Waals surface area contributed by atoms with Crippen molar-refractivity contribution in [1.82, 2.24) is 9.80 Å². The molecular weight excluding hydrogens is 373 g/mol. The lowest BCUT2D eigenvalue weighted by Gasteiger charge is -2.34. The largest absolute Gasteiger partial charge is 0.416 e. The van der Waals surface area contributed by atoms with Crippen molar-refractivity contribution in [2.75, 3.05) is 13.1 Å². The van der Waals surface area contributed by atoms with E-state index in [1.807, 2.05) is 0 Å². The number of amides is 1. The Bertz CT molecular complexity index is 774. The Morgan fingerprint density at radius 2 is 1.96 bits per heavy atom. The highest BCUT2D eigenvalue weighted by Gasteiger charge is 2.40. The number of likely N-dealkylation sites (tertiary alicyclic amines) is 1. The van der Waals surface area contributed by atoms with E-state index in [0.717, 1.165) is 12.1 Å². The van der Waals surface area contributed by atoms with Crippen molar-refractivity contribution in [2.45, 2.75) is 31.2 Å². The van der Waals surface area contributed by atoms with Gasteiger partial charge in [0.05, 0.1) is 24.3 Å². The fourth-order valence-electron chi connectivity index (χ4n) is 3.32. The van der Waals surface area contributed by atoms with Gasteiger partial charge in [0.1, 0.15) is 6.23 Å². The van der Waals surface area contributed by atoms with Gasteiger partial charge >= 0.3 is 6.18 Å². The minimum absolute atomic E-state index is 0.0961. The highest BCUT2D eigenvalue weighted by molar-refractivity contribution is 5.87. The van der Waals surface area contributed by atoms with Crippen molar-refractivity contribution in [2.24, 2.45) is 0 Å². The van der Waals surface area contributed by atoms with Gasteiger partial charge < -0.3 is 19.6 Å². The maximum Gasteiger partial charge on any atom is 0.416 e. The zero-order valence-corrected chi connectivity index (χ0v) is 15.0. The number of alkyl halides is 3. The predicted molar refractivity (Wildman–Crippen MR) is 96.7 cm³/mol. The van der Waals surface area contributed by atoms with Gasteiger partial charge in [0.25, 0.3) is 0 Å². The van der Waals surface area contributed by atoms with E-state index in [9.17, 15) is 23.1 Å². The minimum atomic E-state index is -4.38. The van der Waals surface area contributed by atoms with E-state index in [-0.39, 0.29) is 18.6 Å². The molecule has 2 aliphatic heterocycles. The first-order chi connectivity index (χ1) is 13.3. The Balaban J connectivity index is 1.70. The molecule has 2 aliphatic rings. The van der Waals surface area contributed by atoms with Crippen molar-refractivity contribution >= 4 is 5.91 Å². The summed E-state index contributed by atoms with van der Waals surface area (Å²) < 4.78 is 44.0. The van der Waals surface area contributed by atoms with Crippen LogP contribution in [0.5, 0.6) is 0 Å². The van der Waals surface area contributed by atoms with Crippen LogP contribution >= 0.6 is 0 Å². The van der Waals surface area contributed by atoms with Crippen LogP contribution < -0.4 is 0 Å². The zero-order chi connectivity index (χ0) is 20.3. The summed E-state index contributed by atoms with van der Waals surface area (Å²) in [7, 11) is 0. The number of allylic oxidation sites excluding steroid dienone is 2. The van der Waals surface area contributed by atoms with E-state index >= 15 is 0 Å². The number of benzene rings is 1. The standard InChI is InChI=1S/C20H21F3N2O3/c1-2-18(26)24-11-16(25-10-4-3-5-19(25)27)17(12-24)28-13-14-6-8-15(9-7-14)20(21,22)23/h2-10,16-17,19,27H,1,11-13H2/t16-,17-,19?/m1/s1. The van der Waals surface area contributed by atoms with Crippen LogP contribution in [0.3, 0.4) is 0 Å². The maximum absolute atomic E-state index is 12.7. The number of hydrogen-bond donors (Lipinski definition) is 1. The summed E-state index contributed by atoms with van der Waals surface area (Å²) in [6.07, 6.45) is 2.42. The van der Waals surface area contributed by atoms with Crippen LogP contribution in [0.1, 0.15) is 11.1 Å². The Morgan fingerprint density at radius 3 is 2.57 bits per heavy atom. The smallest absolute Gasteiger partial charge is 0.370 e. The second-order valence-electron chi connectivity index (χ2n) is 6.65. The van der Waals surface area contributed by atoms with Gasteiger partial charge in [-0.25, -0.2) is 0 Å². The third-order valence-corrected chi connectivity index (χ3v) is 4.81. The molecule has 0 aliphatic carbocycles. The molecule has 1 aromatic rings. The molecule has 0 aromatic heterocycles. The number of carbonyl (C=O) groups is 1. The van der Waals surface area contributed by atoms with Crippen molar-refractivity contribution in [3.8, 4) is 0 Å². The average Bonchev–Trinajstić information content (AvgIpc) is 3.10. The second kappa shape index (κ2) is 8.20. The van der Waals surface area contributed by atoms with Gasteiger partial charge in [-0.3, -0.25) is 4.79 Å². The maximum atomic E-state index is 12.7. The van der Waals surface area contributed by atoms with E-state index in [1.165, 1.54) is 18.2 Å². The van der Waals surface area contributed by atoms with Gasteiger partial charge in [0.15, 0.2) is 0 Å². The molecule has 0 bridgehead atoms. The predicted octanol–water partition coefficient (Wildman–Crippen LogP) is 2.69. The molecule has 150 valence electrons. The molecule has 3 atom stereocenters. The molecule has 28 heavy (non-hydrogen) atoms. The van der Waals surface area contributed by atoms with Crippen LogP contribution in [0.4, 0.5) is 13.2 Å². The normalized spacial score (nSPS) is 24.6. The van der Waals surface area contributed by atoms with Gasteiger partial charge in [-0.1, -0.05) is 24.8 Å². The van der Waals surface area contributed by atoms with E-state index in [2.05, 4.69) is 6.58 Å². The summed E-state index contributed by atoms with van der Waals surface area (Å²) in [5.41, 5.74) is -0.124.